The van der Waals surface area contributed by atoms with Gasteiger partial charge in [0.2, 0.25) is 0 Å². The standard InChI is InChI=1S/C14H12O/c15-7-13-9-6-10-12(11(9)13)14(10,13)8-4-2-1-3-5-8/h1-5,7,9-12H,6H2. The SMILES string of the molecule is O=CC12C3CC4C(C31)C42c1ccccc1. The number of carbonyl (C=O) groups excluding carboxylic acids is 1. The Balaban J connectivity index is 1.76. The Labute approximate surface area is 88.5 Å². The molecule has 0 N–H and O–H groups in total. The van der Waals surface area contributed by atoms with Crippen LogP contribution in [0.5, 0.6) is 0 Å². The second-order valence-corrected chi connectivity index (χ2v) is 5.79. The summed E-state index contributed by atoms with van der Waals surface area (Å²) in [6.07, 6.45) is 2.64. The molecule has 6 atom stereocenters. The van der Waals surface area contributed by atoms with E-state index in [1.54, 1.807) is 0 Å². The first kappa shape index (κ1) is 7.21. The van der Waals surface area contributed by atoms with Gasteiger partial charge in [0, 0.05) is 10.8 Å². The predicted octanol–water partition coefficient (Wildman–Crippen LogP) is 2.02. The van der Waals surface area contributed by atoms with Crippen molar-refractivity contribution in [3.05, 3.63) is 35.9 Å². The minimum Gasteiger partial charge on any atom is -0.303 e. The highest BCUT2D eigenvalue weighted by Crippen LogP contribution is 3.03. The molecule has 74 valence electrons. The first-order chi connectivity index (χ1) is 7.39. The minimum atomic E-state index is 0.115. The number of hydrogen-bond acceptors (Lipinski definition) is 1. The molecule has 5 saturated carbocycles. The van der Waals surface area contributed by atoms with E-state index in [0.29, 0.717) is 5.41 Å². The first-order valence-corrected chi connectivity index (χ1v) is 5.91. The molecule has 0 spiro atoms. The minimum absolute atomic E-state index is 0.115. The summed E-state index contributed by atoms with van der Waals surface area (Å²) in [6.45, 7) is 0. The van der Waals surface area contributed by atoms with Gasteiger partial charge in [0.15, 0.2) is 0 Å². The van der Waals surface area contributed by atoms with Crippen molar-refractivity contribution in [1.29, 1.82) is 0 Å². The maximum Gasteiger partial charge on any atom is 0.127 e. The maximum atomic E-state index is 11.4. The van der Waals surface area contributed by atoms with Crippen LogP contribution in [0.1, 0.15) is 12.0 Å². The fourth-order valence-electron chi connectivity index (χ4n) is 5.76. The van der Waals surface area contributed by atoms with Gasteiger partial charge in [0.05, 0.1) is 0 Å². The lowest BCUT2D eigenvalue weighted by Gasteiger charge is -2.32. The topological polar surface area (TPSA) is 17.1 Å². The van der Waals surface area contributed by atoms with Gasteiger partial charge in [-0.05, 0) is 35.7 Å². The van der Waals surface area contributed by atoms with Crippen molar-refractivity contribution < 1.29 is 4.79 Å². The second-order valence-electron chi connectivity index (χ2n) is 5.79. The number of benzene rings is 1. The molecule has 1 aromatic rings. The van der Waals surface area contributed by atoms with Crippen LogP contribution in [-0.4, -0.2) is 6.29 Å². The quantitative estimate of drug-likeness (QED) is 0.661. The van der Waals surface area contributed by atoms with Crippen LogP contribution in [0.15, 0.2) is 30.3 Å². The molecule has 15 heavy (non-hydrogen) atoms. The molecule has 0 amide bonds. The summed E-state index contributed by atoms with van der Waals surface area (Å²) in [5.41, 5.74) is 1.89. The monoisotopic (exact) mass is 196 g/mol. The van der Waals surface area contributed by atoms with Gasteiger partial charge in [-0.3, -0.25) is 0 Å². The van der Waals surface area contributed by atoms with Crippen LogP contribution >= 0.6 is 0 Å². The molecule has 6 rings (SSSR count). The molecule has 5 aliphatic rings. The Bertz CT molecular complexity index is 481. The molecule has 0 saturated heterocycles. The predicted molar refractivity (Wildman–Crippen MR) is 55.2 cm³/mol. The molecule has 5 fully saturated rings. The number of carbonyl (C=O) groups is 1. The third-order valence-electron chi connectivity index (χ3n) is 5.98. The van der Waals surface area contributed by atoms with E-state index in [2.05, 4.69) is 30.3 Å². The molecule has 5 aliphatic carbocycles. The zero-order valence-corrected chi connectivity index (χ0v) is 8.39. The van der Waals surface area contributed by atoms with Crippen molar-refractivity contribution in [2.24, 2.45) is 29.1 Å². The van der Waals surface area contributed by atoms with Gasteiger partial charge in [-0.25, -0.2) is 0 Å². The van der Waals surface area contributed by atoms with E-state index in [-0.39, 0.29) is 5.41 Å². The lowest BCUT2D eigenvalue weighted by molar-refractivity contribution is -0.116. The van der Waals surface area contributed by atoms with Gasteiger partial charge in [0.25, 0.3) is 0 Å². The highest BCUT2D eigenvalue weighted by atomic mass is 16.1. The Morgan fingerprint density at radius 3 is 2.53 bits per heavy atom. The van der Waals surface area contributed by atoms with Crippen molar-refractivity contribution in [2.45, 2.75) is 11.8 Å². The summed E-state index contributed by atoms with van der Waals surface area (Å²) in [5, 5.41) is 0. The summed E-state index contributed by atoms with van der Waals surface area (Å²) < 4.78 is 0. The Hall–Kier alpha value is -1.11. The molecule has 0 aliphatic heterocycles. The maximum absolute atomic E-state index is 11.4. The molecule has 2 bridgehead atoms. The highest BCUT2D eigenvalue weighted by molar-refractivity contribution is 5.82. The van der Waals surface area contributed by atoms with Crippen molar-refractivity contribution in [3.63, 3.8) is 0 Å². The van der Waals surface area contributed by atoms with Crippen molar-refractivity contribution in [3.8, 4) is 0 Å². The van der Waals surface area contributed by atoms with Crippen LogP contribution in [-0.2, 0) is 10.2 Å². The molecule has 0 radical (unpaired) electrons. The van der Waals surface area contributed by atoms with Gasteiger partial charge in [-0.2, -0.15) is 0 Å². The van der Waals surface area contributed by atoms with Gasteiger partial charge in [0.1, 0.15) is 6.29 Å². The Kier molecular flexibility index (Phi) is 0.810. The number of hydrogen-bond donors (Lipinski definition) is 0. The Morgan fingerprint density at radius 1 is 1.13 bits per heavy atom. The highest BCUT2D eigenvalue weighted by Gasteiger charge is 3.04. The fourth-order valence-corrected chi connectivity index (χ4v) is 5.76. The number of aldehydes is 1. The van der Waals surface area contributed by atoms with Crippen LogP contribution in [0.2, 0.25) is 0 Å². The van der Waals surface area contributed by atoms with E-state index in [9.17, 15) is 4.79 Å². The Morgan fingerprint density at radius 2 is 1.93 bits per heavy atom. The molecule has 1 nitrogen and oxygen atoms in total. The van der Waals surface area contributed by atoms with Gasteiger partial charge < -0.3 is 4.79 Å². The largest absolute Gasteiger partial charge is 0.303 e. The van der Waals surface area contributed by atoms with E-state index in [1.165, 1.54) is 18.3 Å². The van der Waals surface area contributed by atoms with Crippen molar-refractivity contribution in [1.82, 2.24) is 0 Å². The summed E-state index contributed by atoms with van der Waals surface area (Å²) in [4.78, 5) is 11.4. The molecule has 0 heterocycles. The molecular formula is C14H12O. The lowest BCUT2D eigenvalue weighted by Crippen LogP contribution is -2.36. The average Bonchev–Trinajstić information content (AvgIpc) is 2.92. The zero-order valence-electron chi connectivity index (χ0n) is 8.39. The number of rotatable bonds is 2. The second kappa shape index (κ2) is 1.68. The van der Waals surface area contributed by atoms with E-state index in [0.717, 1.165) is 23.7 Å². The van der Waals surface area contributed by atoms with Crippen molar-refractivity contribution >= 4 is 6.29 Å². The summed E-state index contributed by atoms with van der Waals surface area (Å²) >= 11 is 0. The molecule has 0 aromatic heterocycles. The van der Waals surface area contributed by atoms with Gasteiger partial charge in [-0.15, -0.1) is 0 Å². The smallest absolute Gasteiger partial charge is 0.127 e. The average molecular weight is 196 g/mol. The molecule has 1 aromatic carbocycles. The first-order valence-electron chi connectivity index (χ1n) is 5.91. The van der Waals surface area contributed by atoms with Crippen LogP contribution in [0, 0.1) is 29.1 Å². The van der Waals surface area contributed by atoms with Gasteiger partial charge >= 0.3 is 0 Å². The van der Waals surface area contributed by atoms with Crippen LogP contribution in [0.3, 0.4) is 0 Å². The van der Waals surface area contributed by atoms with Gasteiger partial charge in [-0.1, -0.05) is 30.3 Å². The molecular weight excluding hydrogens is 184 g/mol. The molecule has 1 heteroatoms. The lowest BCUT2D eigenvalue weighted by atomic mass is 9.69. The summed E-state index contributed by atoms with van der Waals surface area (Å²) in [6, 6.07) is 10.8. The summed E-state index contributed by atoms with van der Waals surface area (Å²) in [5.74, 6) is 3.31. The van der Waals surface area contributed by atoms with Crippen molar-refractivity contribution in [2.75, 3.05) is 0 Å². The van der Waals surface area contributed by atoms with Crippen LogP contribution in [0.4, 0.5) is 0 Å². The van der Waals surface area contributed by atoms with E-state index in [4.69, 9.17) is 0 Å². The third-order valence-corrected chi connectivity index (χ3v) is 5.98. The van der Waals surface area contributed by atoms with Crippen LogP contribution in [0.25, 0.3) is 0 Å². The fraction of sp³-hybridized carbons (Fsp3) is 0.500. The van der Waals surface area contributed by atoms with E-state index >= 15 is 0 Å². The molecule has 6 unspecified atom stereocenters. The van der Waals surface area contributed by atoms with E-state index in [1.807, 2.05) is 0 Å². The zero-order chi connectivity index (χ0) is 9.84. The normalized spacial score (nSPS) is 60.5. The van der Waals surface area contributed by atoms with Crippen LogP contribution < -0.4 is 0 Å². The third kappa shape index (κ3) is 0.412. The summed E-state index contributed by atoms with van der Waals surface area (Å²) in [7, 11) is 0. The van der Waals surface area contributed by atoms with E-state index < -0.39 is 0 Å².